The molecule has 0 atom stereocenters. The second-order valence-corrected chi connectivity index (χ2v) is 6.97. The van der Waals surface area contributed by atoms with E-state index < -0.39 is 65.2 Å². The standard InChI is InChI=1S/C17H7F19O/c1-6-4-2-3-5-7(6)37-9(19)8(18)10(20,21)11(22,23)12(24,25)13(26,27)14(28,29)15(30,31)16(32,33)17(34,35)36/h2-5H,1H3. The van der Waals surface area contributed by atoms with Gasteiger partial charge >= 0.3 is 53.6 Å². The molecule has 1 aromatic rings. The molecule has 0 aliphatic rings. The van der Waals surface area contributed by atoms with Crippen LogP contribution < -0.4 is 4.74 Å². The quantitative estimate of drug-likeness (QED) is 0.208. The number of rotatable bonds is 9. The molecule has 0 unspecified atom stereocenters. The Balaban J connectivity index is 3.68. The van der Waals surface area contributed by atoms with E-state index in [4.69, 9.17) is 0 Å². The first kappa shape index (κ1) is 32.5. The molecule has 0 spiro atoms. The van der Waals surface area contributed by atoms with E-state index >= 15 is 0 Å². The van der Waals surface area contributed by atoms with Crippen molar-refractivity contribution in [1.82, 2.24) is 0 Å². The minimum absolute atomic E-state index is 0.287. The Labute approximate surface area is 191 Å². The van der Waals surface area contributed by atoms with Crippen LogP contribution in [0.4, 0.5) is 83.4 Å². The lowest BCUT2D eigenvalue weighted by molar-refractivity contribution is -0.460. The van der Waals surface area contributed by atoms with Crippen LogP contribution in [0.15, 0.2) is 36.1 Å². The number of hydrogen-bond donors (Lipinski definition) is 0. The molecule has 0 heterocycles. The third kappa shape index (κ3) is 4.52. The number of hydrogen-bond acceptors (Lipinski definition) is 1. The van der Waals surface area contributed by atoms with Crippen molar-refractivity contribution in [2.24, 2.45) is 0 Å². The van der Waals surface area contributed by atoms with Gasteiger partial charge in [0.2, 0.25) is 5.83 Å². The maximum absolute atomic E-state index is 13.7. The summed E-state index contributed by atoms with van der Waals surface area (Å²) in [7, 11) is 0. The first-order chi connectivity index (χ1) is 16.1. The average molecular weight is 588 g/mol. The molecule has 20 heteroatoms. The zero-order chi connectivity index (χ0) is 29.8. The van der Waals surface area contributed by atoms with Crippen LogP contribution in [0.25, 0.3) is 0 Å². The Kier molecular flexibility index (Phi) is 7.91. The number of benzene rings is 1. The number of halogens is 19. The lowest BCUT2D eigenvalue weighted by Gasteiger charge is -2.42. The summed E-state index contributed by atoms with van der Waals surface area (Å²) in [6.07, 6.45) is -7.90. The van der Waals surface area contributed by atoms with Crippen LogP contribution in [0, 0.1) is 6.92 Å². The van der Waals surface area contributed by atoms with Gasteiger partial charge in [-0.05, 0) is 18.6 Å². The molecule has 0 saturated heterocycles. The number of ether oxygens (including phenoxy) is 1. The monoisotopic (exact) mass is 588 g/mol. The molecule has 1 nitrogen and oxygen atoms in total. The minimum Gasteiger partial charge on any atom is -0.429 e. The molecule has 0 N–H and O–H groups in total. The lowest BCUT2D eigenvalue weighted by atomic mass is 9.88. The van der Waals surface area contributed by atoms with Gasteiger partial charge in [0.15, 0.2) is 0 Å². The van der Waals surface area contributed by atoms with Crippen molar-refractivity contribution in [3.63, 3.8) is 0 Å². The summed E-state index contributed by atoms with van der Waals surface area (Å²) in [4.78, 5) is 0. The summed E-state index contributed by atoms with van der Waals surface area (Å²) < 4.78 is 254. The fraction of sp³-hybridized carbons (Fsp3) is 0.529. The Morgan fingerprint density at radius 3 is 1.27 bits per heavy atom. The van der Waals surface area contributed by atoms with Gasteiger partial charge in [-0.2, -0.15) is 83.4 Å². The van der Waals surface area contributed by atoms with Gasteiger partial charge in [-0.3, -0.25) is 0 Å². The molecular formula is C17H7F19O. The molecule has 37 heavy (non-hydrogen) atoms. The highest BCUT2D eigenvalue weighted by Gasteiger charge is 2.95. The van der Waals surface area contributed by atoms with E-state index in [-0.39, 0.29) is 5.56 Å². The third-order valence-electron chi connectivity index (χ3n) is 4.46. The summed E-state index contributed by atoms with van der Waals surface area (Å²) in [6.45, 7) is 0.973. The molecule has 0 aromatic heterocycles. The molecular weight excluding hydrogens is 581 g/mol. The average Bonchev–Trinajstić information content (AvgIpc) is 2.72. The smallest absolute Gasteiger partial charge is 0.429 e. The number of para-hydroxylation sites is 1. The van der Waals surface area contributed by atoms with Gasteiger partial charge in [-0.15, -0.1) is 0 Å². The molecule has 0 aliphatic carbocycles. The van der Waals surface area contributed by atoms with E-state index in [0.29, 0.717) is 6.07 Å². The van der Waals surface area contributed by atoms with Crippen molar-refractivity contribution >= 4 is 0 Å². The molecule has 214 valence electrons. The molecule has 0 aliphatic heterocycles. The van der Waals surface area contributed by atoms with E-state index in [0.717, 1.165) is 25.1 Å². The van der Waals surface area contributed by atoms with Crippen molar-refractivity contribution in [2.75, 3.05) is 0 Å². The van der Waals surface area contributed by atoms with E-state index in [2.05, 4.69) is 4.74 Å². The van der Waals surface area contributed by atoms with Gasteiger partial charge in [-0.25, -0.2) is 0 Å². The molecule has 0 saturated carbocycles. The lowest BCUT2D eigenvalue weighted by Crippen LogP contribution is -2.74. The fourth-order valence-electron chi connectivity index (χ4n) is 2.24. The van der Waals surface area contributed by atoms with Gasteiger partial charge in [0.05, 0.1) is 0 Å². The molecule has 1 rings (SSSR count). The second-order valence-electron chi connectivity index (χ2n) is 6.97. The topological polar surface area (TPSA) is 9.23 Å². The van der Waals surface area contributed by atoms with E-state index in [1.54, 1.807) is 0 Å². The van der Waals surface area contributed by atoms with Crippen LogP contribution in [0.2, 0.25) is 0 Å². The maximum atomic E-state index is 13.7. The highest BCUT2D eigenvalue weighted by molar-refractivity contribution is 5.33. The Bertz CT molecular complexity index is 1020. The Morgan fingerprint density at radius 1 is 0.541 bits per heavy atom. The zero-order valence-corrected chi connectivity index (χ0v) is 16.9. The summed E-state index contributed by atoms with van der Waals surface area (Å²) in [5.74, 6) is -65.2. The van der Waals surface area contributed by atoms with E-state index in [1.807, 2.05) is 0 Å². The van der Waals surface area contributed by atoms with Crippen LogP contribution in [-0.4, -0.2) is 47.6 Å². The van der Waals surface area contributed by atoms with Crippen molar-refractivity contribution in [3.05, 3.63) is 41.7 Å². The molecule has 1 aromatic carbocycles. The molecule has 0 radical (unpaired) electrons. The molecule has 0 amide bonds. The normalized spacial score (nSPS) is 16.0. The number of aryl methyl sites for hydroxylation is 1. The van der Waals surface area contributed by atoms with Gasteiger partial charge < -0.3 is 4.74 Å². The second kappa shape index (κ2) is 9.02. The summed E-state index contributed by atoms with van der Waals surface area (Å²) in [6, 6.07) is 0.0717. The van der Waals surface area contributed by atoms with Gasteiger partial charge in [0, 0.05) is 0 Å². The number of allylic oxidation sites excluding steroid dienone is 1. The fourth-order valence-corrected chi connectivity index (χ4v) is 2.24. The van der Waals surface area contributed by atoms with Gasteiger partial charge in [0.1, 0.15) is 5.75 Å². The first-order valence-corrected chi connectivity index (χ1v) is 8.58. The van der Waals surface area contributed by atoms with E-state index in [1.165, 1.54) is 0 Å². The highest BCUT2D eigenvalue weighted by atomic mass is 19.4. The molecule has 0 fully saturated rings. The largest absolute Gasteiger partial charge is 0.460 e. The van der Waals surface area contributed by atoms with Crippen molar-refractivity contribution < 1.29 is 88.2 Å². The van der Waals surface area contributed by atoms with Crippen molar-refractivity contribution in [1.29, 1.82) is 0 Å². The Hall–Kier alpha value is -2.57. The SMILES string of the molecule is Cc1ccccc1OC(F)=C(F)C(F)(F)C(F)(F)C(F)(F)C(F)(F)C(F)(F)C(F)(F)C(F)(F)C(F)(F)F. The first-order valence-electron chi connectivity index (χ1n) is 8.58. The van der Waals surface area contributed by atoms with Gasteiger partial charge in [0.25, 0.3) is 0 Å². The third-order valence-corrected chi connectivity index (χ3v) is 4.46. The van der Waals surface area contributed by atoms with Crippen LogP contribution in [0.3, 0.4) is 0 Å². The predicted molar refractivity (Wildman–Crippen MR) is 81.7 cm³/mol. The van der Waals surface area contributed by atoms with Crippen molar-refractivity contribution in [3.8, 4) is 5.75 Å². The summed E-state index contributed by atoms with van der Waals surface area (Å²) in [5, 5.41) is 0. The Morgan fingerprint density at radius 2 is 0.892 bits per heavy atom. The molecule has 0 bridgehead atoms. The van der Waals surface area contributed by atoms with Crippen LogP contribution in [-0.2, 0) is 0 Å². The summed E-state index contributed by atoms with van der Waals surface area (Å²) >= 11 is 0. The summed E-state index contributed by atoms with van der Waals surface area (Å²) in [5.41, 5.74) is -0.287. The zero-order valence-electron chi connectivity index (χ0n) is 16.9. The predicted octanol–water partition coefficient (Wildman–Crippen LogP) is 8.49. The van der Waals surface area contributed by atoms with Crippen LogP contribution in [0.5, 0.6) is 5.75 Å². The maximum Gasteiger partial charge on any atom is 0.460 e. The van der Waals surface area contributed by atoms with E-state index in [9.17, 15) is 83.4 Å². The van der Waals surface area contributed by atoms with Crippen LogP contribution >= 0.6 is 0 Å². The van der Waals surface area contributed by atoms with Crippen LogP contribution in [0.1, 0.15) is 5.56 Å². The highest BCUT2D eigenvalue weighted by Crippen LogP contribution is 2.64. The van der Waals surface area contributed by atoms with Gasteiger partial charge in [-0.1, -0.05) is 18.2 Å². The number of alkyl halides is 17. The van der Waals surface area contributed by atoms with Crippen molar-refractivity contribution in [2.45, 2.75) is 54.6 Å². The minimum atomic E-state index is -8.90.